The Morgan fingerprint density at radius 1 is 0.667 bits per heavy atom. The largest absolute Gasteiger partial charge is 0.435 e. The molecule has 0 saturated heterocycles. The number of aryl methyl sites for hydroxylation is 2. The molecule has 4 rings (SSSR count). The lowest BCUT2D eigenvalue weighted by molar-refractivity contribution is -0.0498. The van der Waals surface area contributed by atoms with Gasteiger partial charge in [0, 0.05) is 0 Å². The Bertz CT molecular complexity index is 1150. The molecule has 0 radical (unpaired) electrons. The molecule has 5 heteroatoms. The second kappa shape index (κ2) is 8.57. The average molecular weight is 410 g/mol. The van der Waals surface area contributed by atoms with Gasteiger partial charge in [-0.15, -0.1) is 0 Å². The molecule has 0 fully saturated rings. The van der Waals surface area contributed by atoms with Crippen molar-refractivity contribution in [1.82, 2.24) is 0 Å². The van der Waals surface area contributed by atoms with Crippen LogP contribution >= 0.6 is 0 Å². The van der Waals surface area contributed by atoms with Crippen LogP contribution < -0.4 is 4.74 Å². The van der Waals surface area contributed by atoms with Crippen LogP contribution in [0.25, 0.3) is 21.9 Å². The van der Waals surface area contributed by atoms with E-state index in [4.69, 9.17) is 0 Å². The number of fused-ring (bicyclic) bond motifs is 1. The fraction of sp³-hybridized carbons (Fsp3) is 0.120. The normalized spacial score (nSPS) is 11.2. The lowest BCUT2D eigenvalue weighted by Crippen LogP contribution is -2.01. The van der Waals surface area contributed by atoms with Gasteiger partial charge in [-0.25, -0.2) is 8.78 Å². The van der Waals surface area contributed by atoms with Crippen LogP contribution in [-0.2, 0) is 12.8 Å². The summed E-state index contributed by atoms with van der Waals surface area (Å²) in [5.41, 5.74) is 1.72. The maximum atomic E-state index is 14.7. The predicted molar refractivity (Wildman–Crippen MR) is 110 cm³/mol. The van der Waals surface area contributed by atoms with Crippen molar-refractivity contribution in [2.45, 2.75) is 19.5 Å². The summed E-state index contributed by atoms with van der Waals surface area (Å²) in [7, 11) is 0. The minimum Gasteiger partial charge on any atom is -0.435 e. The van der Waals surface area contributed by atoms with E-state index >= 15 is 0 Å². The molecule has 152 valence electrons. The molecular weight excluding hydrogens is 392 g/mol. The first-order valence-electron chi connectivity index (χ1n) is 9.50. The van der Waals surface area contributed by atoms with Crippen molar-refractivity contribution < 1.29 is 22.3 Å². The van der Waals surface area contributed by atoms with Crippen molar-refractivity contribution in [1.29, 1.82) is 0 Å². The van der Waals surface area contributed by atoms with E-state index in [0.717, 1.165) is 16.3 Å². The van der Waals surface area contributed by atoms with E-state index < -0.39 is 18.2 Å². The van der Waals surface area contributed by atoms with Gasteiger partial charge in [-0.3, -0.25) is 0 Å². The van der Waals surface area contributed by atoms with Crippen LogP contribution in [0.4, 0.5) is 17.6 Å². The number of rotatable bonds is 6. The average Bonchev–Trinajstić information content (AvgIpc) is 2.72. The summed E-state index contributed by atoms with van der Waals surface area (Å²) >= 11 is 0. The lowest BCUT2D eigenvalue weighted by Gasteiger charge is -2.10. The highest BCUT2D eigenvalue weighted by Crippen LogP contribution is 2.29. The zero-order valence-electron chi connectivity index (χ0n) is 15.9. The first-order valence-corrected chi connectivity index (χ1v) is 9.50. The second-order valence-electron chi connectivity index (χ2n) is 7.02. The van der Waals surface area contributed by atoms with Gasteiger partial charge in [-0.1, -0.05) is 54.6 Å². The molecule has 4 aromatic rings. The summed E-state index contributed by atoms with van der Waals surface area (Å²) in [5, 5.41) is 2.27. The summed E-state index contributed by atoms with van der Waals surface area (Å²) in [6.07, 6.45) is 1.15. The Balaban J connectivity index is 1.51. The second-order valence-corrected chi connectivity index (χ2v) is 7.02. The number of benzene rings is 4. The lowest BCUT2D eigenvalue weighted by atomic mass is 9.98. The smallest absolute Gasteiger partial charge is 0.387 e. The standard InChI is InChI=1S/C25H18F4O/c26-22-14-17(6-5-16-7-8-18-3-1-2-4-20(18)13-16)15-23(27)24(22)19-9-11-21(12-10-19)30-25(28)29/h1-4,7-15,25H,5-6H2. The summed E-state index contributed by atoms with van der Waals surface area (Å²) < 4.78 is 58.1. The van der Waals surface area contributed by atoms with E-state index in [1.807, 2.05) is 36.4 Å². The zero-order valence-corrected chi connectivity index (χ0v) is 15.9. The quantitative estimate of drug-likeness (QED) is 0.306. The van der Waals surface area contributed by atoms with E-state index in [-0.39, 0.29) is 16.9 Å². The van der Waals surface area contributed by atoms with Crippen LogP contribution in [0, 0.1) is 11.6 Å². The zero-order chi connectivity index (χ0) is 21.1. The number of hydrogen-bond acceptors (Lipinski definition) is 1. The third-order valence-electron chi connectivity index (χ3n) is 4.99. The molecule has 0 aliphatic carbocycles. The molecule has 0 bridgehead atoms. The maximum Gasteiger partial charge on any atom is 0.387 e. The summed E-state index contributed by atoms with van der Waals surface area (Å²) in [5.74, 6) is -1.45. The van der Waals surface area contributed by atoms with Crippen molar-refractivity contribution in [3.63, 3.8) is 0 Å². The highest BCUT2D eigenvalue weighted by atomic mass is 19.3. The first kappa shape index (κ1) is 20.0. The molecular formula is C25H18F4O. The molecule has 0 saturated carbocycles. The number of ether oxygens (including phenoxy) is 1. The Kier molecular flexibility index (Phi) is 5.70. The fourth-order valence-corrected chi connectivity index (χ4v) is 3.53. The molecule has 0 spiro atoms. The maximum absolute atomic E-state index is 14.7. The van der Waals surface area contributed by atoms with Crippen molar-refractivity contribution in [3.05, 3.63) is 102 Å². The summed E-state index contributed by atoms with van der Waals surface area (Å²) in [6.45, 7) is -2.95. The Morgan fingerprint density at radius 2 is 1.30 bits per heavy atom. The van der Waals surface area contributed by atoms with Crippen molar-refractivity contribution in [2.75, 3.05) is 0 Å². The van der Waals surface area contributed by atoms with Crippen LogP contribution in [0.15, 0.2) is 78.9 Å². The molecule has 0 aromatic heterocycles. The first-order chi connectivity index (χ1) is 14.5. The monoisotopic (exact) mass is 410 g/mol. The van der Waals surface area contributed by atoms with Gasteiger partial charge in [0.2, 0.25) is 0 Å². The highest BCUT2D eigenvalue weighted by molar-refractivity contribution is 5.83. The van der Waals surface area contributed by atoms with Gasteiger partial charge in [-0.2, -0.15) is 8.78 Å². The molecule has 0 heterocycles. The van der Waals surface area contributed by atoms with E-state index in [0.29, 0.717) is 18.4 Å². The van der Waals surface area contributed by atoms with Gasteiger partial charge < -0.3 is 4.74 Å². The van der Waals surface area contributed by atoms with E-state index in [2.05, 4.69) is 10.8 Å². The molecule has 0 N–H and O–H groups in total. The van der Waals surface area contributed by atoms with Crippen LogP contribution in [0.5, 0.6) is 5.75 Å². The third-order valence-corrected chi connectivity index (χ3v) is 4.99. The van der Waals surface area contributed by atoms with Gasteiger partial charge >= 0.3 is 6.61 Å². The number of hydrogen-bond donors (Lipinski definition) is 0. The van der Waals surface area contributed by atoms with Gasteiger partial charge in [0.15, 0.2) is 0 Å². The number of halogens is 4. The van der Waals surface area contributed by atoms with Crippen molar-refractivity contribution >= 4 is 10.8 Å². The fourth-order valence-electron chi connectivity index (χ4n) is 3.53. The molecule has 30 heavy (non-hydrogen) atoms. The van der Waals surface area contributed by atoms with Gasteiger partial charge in [-0.05, 0) is 64.6 Å². The Morgan fingerprint density at radius 3 is 1.97 bits per heavy atom. The molecule has 0 aliphatic rings. The van der Waals surface area contributed by atoms with Crippen LogP contribution in [0.1, 0.15) is 11.1 Å². The minimum absolute atomic E-state index is 0.0680. The molecule has 0 atom stereocenters. The SMILES string of the molecule is Fc1cc(CCc2ccc3ccccc3c2)cc(F)c1-c1ccc(OC(F)F)cc1. The molecule has 1 nitrogen and oxygen atoms in total. The summed E-state index contributed by atoms with van der Waals surface area (Å²) in [4.78, 5) is 0. The topological polar surface area (TPSA) is 9.23 Å². The van der Waals surface area contributed by atoms with Crippen LogP contribution in [0.3, 0.4) is 0 Å². The summed E-state index contributed by atoms with van der Waals surface area (Å²) in [6, 6.07) is 22.0. The molecule has 4 aromatic carbocycles. The molecule has 0 aliphatic heterocycles. The predicted octanol–water partition coefficient (Wildman–Crippen LogP) is 7.17. The van der Waals surface area contributed by atoms with E-state index in [1.54, 1.807) is 0 Å². The van der Waals surface area contributed by atoms with Crippen molar-refractivity contribution in [3.8, 4) is 16.9 Å². The third kappa shape index (κ3) is 4.46. The van der Waals surface area contributed by atoms with Gasteiger partial charge in [0.25, 0.3) is 0 Å². The van der Waals surface area contributed by atoms with Gasteiger partial charge in [0.05, 0.1) is 5.56 Å². The van der Waals surface area contributed by atoms with Gasteiger partial charge in [0.1, 0.15) is 17.4 Å². The van der Waals surface area contributed by atoms with Crippen molar-refractivity contribution in [2.24, 2.45) is 0 Å². The Hall–Kier alpha value is -3.34. The number of alkyl halides is 2. The molecule has 0 unspecified atom stereocenters. The van der Waals surface area contributed by atoms with Crippen LogP contribution in [0.2, 0.25) is 0 Å². The molecule has 0 amide bonds. The van der Waals surface area contributed by atoms with E-state index in [1.165, 1.54) is 36.4 Å². The highest BCUT2D eigenvalue weighted by Gasteiger charge is 2.14. The Labute approximate surface area is 171 Å². The van der Waals surface area contributed by atoms with Crippen LogP contribution in [-0.4, -0.2) is 6.61 Å². The minimum atomic E-state index is -2.95. The van der Waals surface area contributed by atoms with E-state index in [9.17, 15) is 17.6 Å².